The molecule has 14 aromatic rings. The number of nitrogens with zero attached hydrogens (tertiary/aromatic N) is 15. The lowest BCUT2D eigenvalue weighted by atomic mass is 10.1. The number of non-ortho nitro benzene ring substituents is 1. The van der Waals surface area contributed by atoms with Gasteiger partial charge in [0.15, 0.2) is 0 Å². The van der Waals surface area contributed by atoms with Gasteiger partial charge in [-0.2, -0.15) is 0 Å². The van der Waals surface area contributed by atoms with Crippen LogP contribution in [0.5, 0.6) is 40.2 Å². The van der Waals surface area contributed by atoms with Crippen molar-refractivity contribution in [2.24, 2.45) is 5.73 Å². The molecule has 0 saturated carbocycles. The molecule has 39 heteroatoms. The van der Waals surface area contributed by atoms with Crippen molar-refractivity contribution in [2.45, 2.75) is 52.7 Å². The minimum atomic E-state index is -0.494. The third-order valence-corrected chi connectivity index (χ3v) is 21.6. The van der Waals surface area contributed by atoms with E-state index in [1.807, 2.05) is 115 Å². The number of aromatic amines is 7. The molecule has 14 heterocycles. The highest BCUT2D eigenvalue weighted by Gasteiger charge is 2.28. The number of halogens is 2. The standard InChI is InChI=1S/C14H16N4O3.C13H15N5O.C13H15N3O.C12H12BrN3O.C12H12ClN3O.C12H12N4O3.C12H14N4O/c1-20-14(19)17-10-2-3-13-12(6-10)18(4-5-21-13)8-11-7-15-9-16-11;14-13(15)9-1-2-12-11(5-9)18(3-4-19-12)7-10-6-16-8-17-10;1-10-2-3-13-12(6-10)16(4-5-17-13)8-11-7-14-9-15-11;2*13-9-1-2-12-11(5-9)16(3-4-17-12)7-10-6-14-8-15-10;17-16(18)10-1-2-12-11(5-10)15(3-4-19-12)7-9-6-13-8-14-9;13-9-1-2-12-11(5-9)16(3-4-17-12)7-10-6-14-8-15-10/h2-3,6-7,9H,4-5,8H2,1H3,(H,15,16)(H,17,19);1-2,5-6,8H,3-4,7H2,(H3,14,15)(H,16,17);2-3,6-7,9H,4-5,8H2,1H3,(H,14,15);2*1-2,5-6,8H,3-4,7H2,(H,14,15);1-2,5-6,8H,3-4,7H2,(H,13,14);1-2,5-6,8H,3-4,7,13H2,(H,14,15). The first-order valence-electron chi connectivity index (χ1n) is 40.8. The molecular formula is C88H96BrClN26O11. The van der Waals surface area contributed by atoms with Crippen molar-refractivity contribution in [3.05, 3.63) is 286 Å². The number of fused-ring (bicyclic) bond motifs is 7. The fraction of sp³-hybridized carbons (Fsp3) is 0.261. The largest absolute Gasteiger partial charge is 0.490 e. The SMILES string of the molecule is Brc1ccc2c(c1)N(Cc1cnc[nH]1)CCO2.COC(=O)Nc1ccc2c(c1)N(Cc1cnc[nH]1)CCO2.Cc1ccc2c(c1)N(Cc1cnc[nH]1)CCO2.Clc1ccc2c(c1)N(Cc1cnc[nH]1)CCO2.N=C(N)c1ccc2c(c1)N(Cc1cnc[nH]1)CCO2.Nc1ccc2c(c1)N(Cc1cnc[nH]1)CCO2.O=[N+]([O-])c1ccc2c(c1)N(Cc1cnc[nH]1)CCO2. The number of carbonyl (C=O) groups is 1. The number of nitrogen functional groups attached to an aromatic ring is 2. The maximum atomic E-state index is 11.3. The van der Waals surface area contributed by atoms with Crippen LogP contribution in [0, 0.1) is 22.4 Å². The number of rotatable bonds is 17. The number of aryl methyl sites for hydroxylation is 1. The molecular weight excluding hydrogens is 1710 g/mol. The molecule has 1 amide bonds. The Bertz CT molecular complexity index is 5370. The second-order valence-corrected chi connectivity index (χ2v) is 31.0. The van der Waals surface area contributed by atoms with E-state index in [0.29, 0.717) is 69.7 Å². The van der Waals surface area contributed by atoms with Gasteiger partial charge < -0.3 is 119 Å². The van der Waals surface area contributed by atoms with Gasteiger partial charge in [0, 0.05) is 81.9 Å². The Hall–Kier alpha value is -15.1. The number of carbonyl (C=O) groups excluding carboxylic acids is 1. The maximum absolute atomic E-state index is 11.3. The van der Waals surface area contributed by atoms with Crippen LogP contribution < -0.4 is 84.2 Å². The van der Waals surface area contributed by atoms with Gasteiger partial charge in [-0.05, 0) is 122 Å². The van der Waals surface area contributed by atoms with Gasteiger partial charge >= 0.3 is 6.09 Å². The van der Waals surface area contributed by atoms with Crippen molar-refractivity contribution in [1.82, 2.24) is 69.8 Å². The van der Waals surface area contributed by atoms with E-state index in [9.17, 15) is 14.9 Å². The van der Waals surface area contributed by atoms with Crippen molar-refractivity contribution < 1.29 is 47.6 Å². The van der Waals surface area contributed by atoms with Gasteiger partial charge in [-0.3, -0.25) is 20.8 Å². The molecule has 0 spiro atoms. The normalized spacial score (nSPS) is 14.0. The van der Waals surface area contributed by atoms with Gasteiger partial charge in [0.05, 0.1) is 228 Å². The summed E-state index contributed by atoms with van der Waals surface area (Å²) in [5.74, 6) is 6.07. The number of anilines is 9. The molecule has 7 aromatic heterocycles. The monoisotopic (exact) mass is 1810 g/mol. The van der Waals surface area contributed by atoms with Crippen molar-refractivity contribution in [3.63, 3.8) is 0 Å². The number of nitrogens with two attached hydrogens (primary N) is 2. The van der Waals surface area contributed by atoms with Crippen LogP contribution in [0.1, 0.15) is 51.0 Å². The molecule has 0 radical (unpaired) electrons. The highest BCUT2D eigenvalue weighted by atomic mass is 79.9. The van der Waals surface area contributed by atoms with Crippen LogP contribution >= 0.6 is 27.5 Å². The number of imidazole rings is 7. The third-order valence-electron chi connectivity index (χ3n) is 20.9. The van der Waals surface area contributed by atoms with Crippen LogP contribution in [0.2, 0.25) is 5.02 Å². The van der Waals surface area contributed by atoms with Crippen LogP contribution in [0.25, 0.3) is 0 Å². The predicted molar refractivity (Wildman–Crippen MR) is 487 cm³/mol. The number of nitro groups is 1. The first kappa shape index (κ1) is 86.8. The van der Waals surface area contributed by atoms with Crippen LogP contribution in [0.4, 0.5) is 61.7 Å². The zero-order valence-corrected chi connectivity index (χ0v) is 72.0. The molecule has 21 rings (SSSR count). The number of nitro benzene ring substituents is 1. The van der Waals surface area contributed by atoms with E-state index in [1.54, 1.807) is 81.0 Å². The molecule has 658 valence electrons. The number of amidine groups is 1. The number of hydrogen-bond donors (Lipinski definition) is 11. The fourth-order valence-corrected chi connectivity index (χ4v) is 15.2. The zero-order chi connectivity index (χ0) is 87.8. The van der Waals surface area contributed by atoms with Crippen molar-refractivity contribution in [3.8, 4) is 40.2 Å². The van der Waals surface area contributed by atoms with E-state index in [-0.39, 0.29) is 11.5 Å². The highest BCUT2D eigenvalue weighted by Crippen LogP contribution is 2.41. The summed E-state index contributed by atoms with van der Waals surface area (Å²) in [7, 11) is 1.33. The summed E-state index contributed by atoms with van der Waals surface area (Å²) in [5.41, 5.74) is 29.3. The number of benzene rings is 7. The van der Waals surface area contributed by atoms with Crippen molar-refractivity contribution in [1.29, 1.82) is 5.41 Å². The Morgan fingerprint density at radius 2 is 0.740 bits per heavy atom. The van der Waals surface area contributed by atoms with Gasteiger partial charge in [0.1, 0.15) is 92.3 Å². The lowest BCUT2D eigenvalue weighted by molar-refractivity contribution is -0.384. The topological polar surface area (TPSA) is 445 Å². The van der Waals surface area contributed by atoms with Crippen LogP contribution in [0.15, 0.2) is 220 Å². The Balaban J connectivity index is 0.000000114. The number of H-pyrrole nitrogens is 7. The average Bonchev–Trinajstić information content (AvgIpc) is 1.39. The summed E-state index contributed by atoms with van der Waals surface area (Å²) < 4.78 is 45.0. The minimum Gasteiger partial charge on any atom is -0.490 e. The average molecular weight is 1810 g/mol. The molecule has 127 heavy (non-hydrogen) atoms. The first-order valence-corrected chi connectivity index (χ1v) is 42.0. The van der Waals surface area contributed by atoms with Gasteiger partial charge in [-0.25, -0.2) is 39.7 Å². The molecule has 13 N–H and O–H groups in total. The molecule has 0 fully saturated rings. The third kappa shape index (κ3) is 23.4. The van der Waals surface area contributed by atoms with E-state index in [0.717, 1.165) is 209 Å². The Kier molecular flexibility index (Phi) is 28.9. The summed E-state index contributed by atoms with van der Waals surface area (Å²) in [6.45, 7) is 17.9. The van der Waals surface area contributed by atoms with Crippen LogP contribution in [0.3, 0.4) is 0 Å². The number of aromatic nitrogens is 14. The number of methoxy groups -OCH3 is 1. The zero-order valence-electron chi connectivity index (χ0n) is 69.7. The molecule has 0 saturated heterocycles. The van der Waals surface area contributed by atoms with Crippen molar-refractivity contribution in [2.75, 3.05) is 145 Å². The second kappa shape index (κ2) is 42.3. The first-order chi connectivity index (χ1) is 62.0. The van der Waals surface area contributed by atoms with E-state index < -0.39 is 11.0 Å². The Morgan fingerprint density at radius 1 is 0.433 bits per heavy atom. The van der Waals surface area contributed by atoms with Gasteiger partial charge in [-0.1, -0.05) is 33.6 Å². The van der Waals surface area contributed by atoms with Crippen molar-refractivity contribution >= 4 is 96.3 Å². The highest BCUT2D eigenvalue weighted by molar-refractivity contribution is 9.10. The van der Waals surface area contributed by atoms with Crippen LogP contribution in [-0.4, -0.2) is 186 Å². The summed E-state index contributed by atoms with van der Waals surface area (Å²) in [6, 6.07) is 39.5. The molecule has 7 aliphatic rings. The Morgan fingerprint density at radius 3 is 1.10 bits per heavy atom. The Labute approximate surface area is 743 Å². The summed E-state index contributed by atoms with van der Waals surface area (Å²) in [4.78, 5) is 87.0. The second-order valence-electron chi connectivity index (χ2n) is 29.7. The summed E-state index contributed by atoms with van der Waals surface area (Å²) in [6.07, 6.45) is 24.0. The molecule has 7 aliphatic heterocycles. The summed E-state index contributed by atoms with van der Waals surface area (Å²) in [5, 5.41) is 21.7. The lowest BCUT2D eigenvalue weighted by Crippen LogP contribution is -2.32. The molecule has 37 nitrogen and oxygen atoms in total. The van der Waals surface area contributed by atoms with E-state index in [4.69, 9.17) is 61.6 Å². The maximum Gasteiger partial charge on any atom is 0.411 e. The van der Waals surface area contributed by atoms with Gasteiger partial charge in [-0.15, -0.1) is 0 Å². The number of ether oxygens (including phenoxy) is 8. The van der Waals surface area contributed by atoms with E-state index in [1.165, 1.54) is 24.4 Å². The lowest BCUT2D eigenvalue weighted by Gasteiger charge is -2.31. The van der Waals surface area contributed by atoms with Gasteiger partial charge in [0.2, 0.25) is 0 Å². The molecule has 0 aliphatic carbocycles. The fourth-order valence-electron chi connectivity index (χ4n) is 14.7. The summed E-state index contributed by atoms with van der Waals surface area (Å²) >= 11 is 9.51. The smallest absolute Gasteiger partial charge is 0.411 e. The predicted octanol–water partition coefficient (Wildman–Crippen LogP) is 13.3. The quantitative estimate of drug-likeness (QED) is 0.0133. The minimum absolute atomic E-state index is 0.0647. The van der Waals surface area contributed by atoms with E-state index >= 15 is 0 Å². The van der Waals surface area contributed by atoms with E-state index in [2.05, 4.69) is 150 Å². The molecule has 7 aromatic carbocycles. The number of nitrogens with one attached hydrogen (secondary N) is 9. The molecule has 0 atom stereocenters. The number of amides is 1. The van der Waals surface area contributed by atoms with Gasteiger partial charge in [0.25, 0.3) is 5.69 Å². The molecule has 0 unspecified atom stereocenters. The number of hydrogen-bond acceptors (Lipinski definition) is 27. The van der Waals surface area contributed by atoms with Crippen LogP contribution in [-0.2, 0) is 50.6 Å². The molecule has 0 bridgehead atoms.